The van der Waals surface area contributed by atoms with Crippen LogP contribution in [0.2, 0.25) is 0 Å². The summed E-state index contributed by atoms with van der Waals surface area (Å²) in [5, 5.41) is 11.2. The molecule has 0 saturated heterocycles. The summed E-state index contributed by atoms with van der Waals surface area (Å²) in [6, 6.07) is 0. The van der Waals surface area contributed by atoms with E-state index >= 15 is 0 Å². The van der Waals surface area contributed by atoms with Gasteiger partial charge in [-0.2, -0.15) is 0 Å². The molecule has 2 rings (SSSR count). The zero-order valence-corrected chi connectivity index (χ0v) is 11.5. The molecule has 0 heterocycles. The van der Waals surface area contributed by atoms with Crippen LogP contribution in [0.25, 0.3) is 0 Å². The summed E-state index contributed by atoms with van der Waals surface area (Å²) >= 11 is 0. The van der Waals surface area contributed by atoms with Crippen molar-refractivity contribution in [3.05, 3.63) is 0 Å². The fraction of sp³-hybridized carbons (Fsp3) is 1.00. The summed E-state index contributed by atoms with van der Waals surface area (Å²) in [7, 11) is 0. The fourth-order valence-electron chi connectivity index (χ4n) is 4.61. The molecule has 2 aliphatic rings. The maximum absolute atomic E-state index is 11.2. The summed E-state index contributed by atoms with van der Waals surface area (Å²) in [6.07, 6.45) is 9.30. The van der Waals surface area contributed by atoms with Gasteiger partial charge in [0.15, 0.2) is 0 Å². The SMILES string of the molecule is CC1CC(C)CC(O)(C2(CN)CCCCC2)C1. The van der Waals surface area contributed by atoms with Crippen molar-refractivity contribution in [2.75, 3.05) is 6.54 Å². The van der Waals surface area contributed by atoms with Crippen molar-refractivity contribution >= 4 is 0 Å². The Labute approximate surface area is 106 Å². The van der Waals surface area contributed by atoms with Crippen molar-refractivity contribution < 1.29 is 5.11 Å². The lowest BCUT2D eigenvalue weighted by atomic mass is 9.56. The smallest absolute Gasteiger partial charge is 0.0720 e. The van der Waals surface area contributed by atoms with E-state index in [0.717, 1.165) is 25.7 Å². The largest absolute Gasteiger partial charge is 0.389 e. The van der Waals surface area contributed by atoms with E-state index in [-0.39, 0.29) is 5.41 Å². The first-order valence-electron chi connectivity index (χ1n) is 7.44. The molecule has 2 nitrogen and oxygen atoms in total. The maximum Gasteiger partial charge on any atom is 0.0720 e. The van der Waals surface area contributed by atoms with Gasteiger partial charge in [0.1, 0.15) is 0 Å². The van der Waals surface area contributed by atoms with Gasteiger partial charge in [0.05, 0.1) is 5.60 Å². The first kappa shape index (κ1) is 13.4. The van der Waals surface area contributed by atoms with Crippen molar-refractivity contribution in [2.45, 2.75) is 70.8 Å². The molecular formula is C15H29NO. The van der Waals surface area contributed by atoms with E-state index in [2.05, 4.69) is 13.8 Å². The third kappa shape index (κ3) is 2.39. The molecule has 2 heteroatoms. The van der Waals surface area contributed by atoms with Gasteiger partial charge >= 0.3 is 0 Å². The Hall–Kier alpha value is -0.0800. The van der Waals surface area contributed by atoms with Crippen molar-refractivity contribution in [3.63, 3.8) is 0 Å². The lowest BCUT2D eigenvalue weighted by Crippen LogP contribution is -2.56. The van der Waals surface area contributed by atoms with Crippen molar-refractivity contribution in [1.29, 1.82) is 0 Å². The predicted molar refractivity (Wildman–Crippen MR) is 71.7 cm³/mol. The van der Waals surface area contributed by atoms with E-state index in [1.165, 1.54) is 25.7 Å². The van der Waals surface area contributed by atoms with Crippen LogP contribution in [0.4, 0.5) is 0 Å². The topological polar surface area (TPSA) is 46.2 Å². The minimum atomic E-state index is -0.487. The van der Waals surface area contributed by atoms with Crippen LogP contribution in [0, 0.1) is 17.3 Å². The first-order valence-corrected chi connectivity index (χ1v) is 7.44. The van der Waals surface area contributed by atoms with Gasteiger partial charge in [-0.15, -0.1) is 0 Å². The molecule has 0 aromatic carbocycles. The van der Waals surface area contributed by atoms with Gasteiger partial charge in [0, 0.05) is 12.0 Å². The van der Waals surface area contributed by atoms with E-state index < -0.39 is 5.60 Å². The quantitative estimate of drug-likeness (QED) is 0.778. The highest BCUT2D eigenvalue weighted by Crippen LogP contribution is 2.52. The van der Waals surface area contributed by atoms with Gasteiger partial charge in [0.25, 0.3) is 0 Å². The number of rotatable bonds is 2. The molecule has 2 unspecified atom stereocenters. The molecule has 17 heavy (non-hydrogen) atoms. The van der Waals surface area contributed by atoms with E-state index in [1.54, 1.807) is 0 Å². The molecular weight excluding hydrogens is 210 g/mol. The molecule has 0 spiro atoms. The zero-order chi connectivity index (χ0) is 12.5. The molecule has 0 amide bonds. The average molecular weight is 239 g/mol. The molecule has 100 valence electrons. The lowest BCUT2D eigenvalue weighted by Gasteiger charge is -2.53. The zero-order valence-electron chi connectivity index (χ0n) is 11.5. The third-order valence-corrected chi connectivity index (χ3v) is 5.37. The van der Waals surface area contributed by atoms with Crippen LogP contribution in [0.3, 0.4) is 0 Å². The van der Waals surface area contributed by atoms with E-state index in [9.17, 15) is 5.11 Å². The Kier molecular flexibility index (Phi) is 3.84. The van der Waals surface area contributed by atoms with Gasteiger partial charge in [-0.05, 0) is 43.9 Å². The Morgan fingerprint density at radius 3 is 2.06 bits per heavy atom. The maximum atomic E-state index is 11.2. The predicted octanol–water partition coefficient (Wildman–Crippen LogP) is 3.08. The van der Waals surface area contributed by atoms with Gasteiger partial charge in [-0.1, -0.05) is 33.1 Å². The van der Waals surface area contributed by atoms with Crippen LogP contribution in [0.5, 0.6) is 0 Å². The van der Waals surface area contributed by atoms with Crippen molar-refractivity contribution in [3.8, 4) is 0 Å². The van der Waals surface area contributed by atoms with Crippen LogP contribution in [-0.2, 0) is 0 Å². The van der Waals surface area contributed by atoms with Crippen LogP contribution in [-0.4, -0.2) is 17.3 Å². The number of hydrogen-bond donors (Lipinski definition) is 2. The molecule has 0 aromatic rings. The van der Waals surface area contributed by atoms with Gasteiger partial charge in [0.2, 0.25) is 0 Å². The van der Waals surface area contributed by atoms with Crippen LogP contribution in [0.1, 0.15) is 65.2 Å². The third-order valence-electron chi connectivity index (χ3n) is 5.37. The Balaban J connectivity index is 2.21. The van der Waals surface area contributed by atoms with Crippen molar-refractivity contribution in [2.24, 2.45) is 23.0 Å². The number of nitrogens with two attached hydrogens (primary N) is 1. The summed E-state index contributed by atoms with van der Waals surface area (Å²) in [5.41, 5.74) is 5.62. The van der Waals surface area contributed by atoms with Gasteiger partial charge in [-0.25, -0.2) is 0 Å². The minimum absolute atomic E-state index is 0.0220. The van der Waals surface area contributed by atoms with E-state index in [4.69, 9.17) is 5.73 Å². The molecule has 2 aliphatic carbocycles. The molecule has 0 bridgehead atoms. The van der Waals surface area contributed by atoms with Gasteiger partial charge in [-0.3, -0.25) is 0 Å². The Bertz CT molecular complexity index is 248. The Morgan fingerprint density at radius 2 is 1.59 bits per heavy atom. The molecule has 0 radical (unpaired) electrons. The summed E-state index contributed by atoms with van der Waals surface area (Å²) < 4.78 is 0. The fourth-order valence-corrected chi connectivity index (χ4v) is 4.61. The van der Waals surface area contributed by atoms with Crippen LogP contribution < -0.4 is 5.73 Å². The molecule has 3 N–H and O–H groups in total. The van der Waals surface area contributed by atoms with E-state index in [0.29, 0.717) is 18.4 Å². The number of hydrogen-bond acceptors (Lipinski definition) is 2. The summed E-state index contributed by atoms with van der Waals surface area (Å²) in [5.74, 6) is 1.29. The van der Waals surface area contributed by atoms with Crippen LogP contribution >= 0.6 is 0 Å². The molecule has 2 fully saturated rings. The molecule has 2 atom stereocenters. The summed E-state index contributed by atoms with van der Waals surface area (Å²) in [4.78, 5) is 0. The van der Waals surface area contributed by atoms with Gasteiger partial charge < -0.3 is 10.8 Å². The van der Waals surface area contributed by atoms with E-state index in [1.807, 2.05) is 0 Å². The minimum Gasteiger partial charge on any atom is -0.389 e. The normalized spacial score (nSPS) is 42.4. The molecule has 0 aliphatic heterocycles. The second kappa shape index (κ2) is 4.89. The second-order valence-corrected chi connectivity index (χ2v) is 6.93. The summed E-state index contributed by atoms with van der Waals surface area (Å²) in [6.45, 7) is 5.24. The lowest BCUT2D eigenvalue weighted by molar-refractivity contribution is -0.141. The molecule has 2 saturated carbocycles. The first-order chi connectivity index (χ1) is 8.01. The van der Waals surface area contributed by atoms with Crippen LogP contribution in [0.15, 0.2) is 0 Å². The monoisotopic (exact) mass is 239 g/mol. The highest BCUT2D eigenvalue weighted by molar-refractivity contribution is 5.04. The Morgan fingerprint density at radius 1 is 1.06 bits per heavy atom. The second-order valence-electron chi connectivity index (χ2n) is 6.93. The standard InChI is InChI=1S/C15H29NO/c1-12-8-13(2)10-15(17,9-12)14(11-16)6-4-3-5-7-14/h12-13,17H,3-11,16H2,1-2H3. The highest BCUT2D eigenvalue weighted by atomic mass is 16.3. The van der Waals surface area contributed by atoms with Crippen molar-refractivity contribution in [1.82, 2.24) is 0 Å². The number of aliphatic hydroxyl groups is 1. The highest BCUT2D eigenvalue weighted by Gasteiger charge is 2.52. The average Bonchev–Trinajstić information content (AvgIpc) is 2.28. The molecule has 0 aromatic heterocycles.